The van der Waals surface area contributed by atoms with Gasteiger partial charge in [0.15, 0.2) is 17.5 Å². The number of hydrogen-bond donors (Lipinski definition) is 1. The number of nitrogens with one attached hydrogen (secondary N) is 1. The smallest absolute Gasteiger partial charge is 0.193 e. The lowest BCUT2D eigenvalue weighted by atomic mass is 10.1. The van der Waals surface area contributed by atoms with Gasteiger partial charge in [-0.25, -0.2) is 0 Å². The van der Waals surface area contributed by atoms with E-state index in [9.17, 15) is 0 Å². The van der Waals surface area contributed by atoms with Crippen molar-refractivity contribution in [1.29, 1.82) is 0 Å². The molecule has 0 radical (unpaired) electrons. The van der Waals surface area contributed by atoms with E-state index in [4.69, 9.17) is 9.47 Å². The molecule has 7 heteroatoms. The largest absolute Gasteiger partial charge is 0.486 e. The molecular weight excluding hydrogens is 461 g/mol. The molecule has 3 rings (SSSR count). The van der Waals surface area contributed by atoms with E-state index in [-0.39, 0.29) is 24.0 Å². The van der Waals surface area contributed by atoms with Crippen LogP contribution in [0.25, 0.3) is 0 Å². The Hall–Kier alpha value is -1.48. The monoisotopic (exact) mass is 487 g/mol. The predicted octanol–water partition coefficient (Wildman–Crippen LogP) is 3.95. The Bertz CT molecular complexity index is 722. The van der Waals surface area contributed by atoms with Gasteiger partial charge in [0, 0.05) is 27.2 Å². The fraction of sp³-hybridized carbons (Fsp3) is 0.421. The first-order chi connectivity index (χ1) is 12.2. The Morgan fingerprint density at radius 3 is 2.73 bits per heavy atom. The minimum Gasteiger partial charge on any atom is -0.486 e. The molecule has 0 aliphatic carbocycles. The number of aliphatic imine (C=N–C) groups is 1. The standard InChI is InChI=1S/C19H25N3O2S.HI/c1-14(16-6-9-25-13-16)11-21-19(20-2)22(3)12-15-4-5-17-18(10-15)24-8-7-23-17;/h4-6,9-10,13-14H,7-8,11-12H2,1-3H3,(H,20,21);1H. The van der Waals surface area contributed by atoms with Crippen molar-refractivity contribution in [3.63, 3.8) is 0 Å². The second-order valence-corrected chi connectivity index (χ2v) is 7.00. The molecule has 2 heterocycles. The summed E-state index contributed by atoms with van der Waals surface area (Å²) in [5, 5.41) is 7.79. The van der Waals surface area contributed by atoms with Crippen molar-refractivity contribution in [3.05, 3.63) is 46.2 Å². The number of halogens is 1. The van der Waals surface area contributed by atoms with E-state index < -0.39 is 0 Å². The zero-order chi connectivity index (χ0) is 17.6. The highest BCUT2D eigenvalue weighted by Gasteiger charge is 2.14. The van der Waals surface area contributed by atoms with Crippen LogP contribution in [0.5, 0.6) is 11.5 Å². The Morgan fingerprint density at radius 2 is 2.04 bits per heavy atom. The van der Waals surface area contributed by atoms with Gasteiger partial charge in [-0.3, -0.25) is 4.99 Å². The summed E-state index contributed by atoms with van der Waals surface area (Å²) in [6.07, 6.45) is 0. The predicted molar refractivity (Wildman–Crippen MR) is 118 cm³/mol. The summed E-state index contributed by atoms with van der Waals surface area (Å²) in [6, 6.07) is 8.28. The molecule has 0 fully saturated rings. The molecule has 1 aromatic heterocycles. The summed E-state index contributed by atoms with van der Waals surface area (Å²) in [6.45, 7) is 5.06. The minimum absolute atomic E-state index is 0. The van der Waals surface area contributed by atoms with Crippen LogP contribution in [0.3, 0.4) is 0 Å². The lowest BCUT2D eigenvalue weighted by Crippen LogP contribution is -2.40. The van der Waals surface area contributed by atoms with Gasteiger partial charge < -0.3 is 19.7 Å². The fourth-order valence-electron chi connectivity index (χ4n) is 2.84. The van der Waals surface area contributed by atoms with Crippen molar-refractivity contribution in [1.82, 2.24) is 10.2 Å². The lowest BCUT2D eigenvalue weighted by Gasteiger charge is -2.24. The number of guanidine groups is 1. The van der Waals surface area contributed by atoms with Crippen LogP contribution >= 0.6 is 35.3 Å². The highest BCUT2D eigenvalue weighted by Crippen LogP contribution is 2.31. The number of nitrogens with zero attached hydrogens (tertiary/aromatic N) is 2. The zero-order valence-electron chi connectivity index (χ0n) is 15.4. The van der Waals surface area contributed by atoms with E-state index in [0.717, 1.165) is 30.5 Å². The first-order valence-electron chi connectivity index (χ1n) is 8.49. The van der Waals surface area contributed by atoms with Crippen molar-refractivity contribution in [3.8, 4) is 11.5 Å². The maximum absolute atomic E-state index is 5.66. The molecule has 1 aliphatic heterocycles. The van der Waals surface area contributed by atoms with Crippen molar-refractivity contribution in [2.45, 2.75) is 19.4 Å². The van der Waals surface area contributed by atoms with Gasteiger partial charge in [-0.2, -0.15) is 11.3 Å². The average Bonchev–Trinajstić information content (AvgIpc) is 3.17. The number of benzene rings is 1. The first-order valence-corrected chi connectivity index (χ1v) is 9.44. The molecule has 142 valence electrons. The molecule has 1 N–H and O–H groups in total. The van der Waals surface area contributed by atoms with Gasteiger partial charge >= 0.3 is 0 Å². The van der Waals surface area contributed by atoms with Crippen LogP contribution in [0, 0.1) is 0 Å². The third-order valence-corrected chi connectivity index (χ3v) is 4.98. The van der Waals surface area contributed by atoms with Gasteiger partial charge in [0.05, 0.1) is 0 Å². The fourth-order valence-corrected chi connectivity index (χ4v) is 3.62. The van der Waals surface area contributed by atoms with Crippen LogP contribution in [0.1, 0.15) is 24.0 Å². The van der Waals surface area contributed by atoms with E-state index >= 15 is 0 Å². The zero-order valence-corrected chi connectivity index (χ0v) is 18.5. The molecular formula is C19H26IN3O2S. The number of fused-ring (bicyclic) bond motifs is 1. The molecule has 5 nitrogen and oxygen atoms in total. The van der Waals surface area contributed by atoms with E-state index in [1.54, 1.807) is 11.3 Å². The lowest BCUT2D eigenvalue weighted by molar-refractivity contribution is 0.171. The topological polar surface area (TPSA) is 46.1 Å². The second-order valence-electron chi connectivity index (χ2n) is 6.22. The Kier molecular flexibility index (Phi) is 8.02. The molecule has 1 aliphatic rings. The van der Waals surface area contributed by atoms with E-state index in [1.807, 2.05) is 26.2 Å². The van der Waals surface area contributed by atoms with Crippen LogP contribution in [0.15, 0.2) is 40.0 Å². The number of rotatable bonds is 5. The first kappa shape index (κ1) is 20.8. The van der Waals surface area contributed by atoms with Crippen LogP contribution in [0.4, 0.5) is 0 Å². The molecule has 1 aromatic carbocycles. The molecule has 1 atom stereocenters. The maximum Gasteiger partial charge on any atom is 0.193 e. The van der Waals surface area contributed by atoms with Crippen LogP contribution in [-0.2, 0) is 6.54 Å². The summed E-state index contributed by atoms with van der Waals surface area (Å²) in [5.74, 6) is 2.98. The minimum atomic E-state index is 0. The molecule has 0 spiro atoms. The highest BCUT2D eigenvalue weighted by molar-refractivity contribution is 14.0. The molecule has 2 aromatic rings. The maximum atomic E-state index is 5.66. The molecule has 0 bridgehead atoms. The van der Waals surface area contributed by atoms with Gasteiger partial charge in [-0.05, 0) is 46.0 Å². The second kappa shape index (κ2) is 10.0. The Morgan fingerprint density at radius 1 is 1.27 bits per heavy atom. The molecule has 0 amide bonds. The van der Waals surface area contributed by atoms with Crippen LogP contribution in [0.2, 0.25) is 0 Å². The Balaban J connectivity index is 0.00000243. The molecule has 0 saturated carbocycles. The van der Waals surface area contributed by atoms with Gasteiger partial charge in [-0.15, -0.1) is 24.0 Å². The summed E-state index contributed by atoms with van der Waals surface area (Å²) in [4.78, 5) is 6.52. The van der Waals surface area contributed by atoms with Crippen molar-refractivity contribution in [2.24, 2.45) is 4.99 Å². The quantitative estimate of drug-likeness (QED) is 0.394. The van der Waals surface area contributed by atoms with Gasteiger partial charge in [0.25, 0.3) is 0 Å². The molecule has 0 saturated heterocycles. The summed E-state index contributed by atoms with van der Waals surface area (Å²) in [5.41, 5.74) is 2.53. The summed E-state index contributed by atoms with van der Waals surface area (Å²) < 4.78 is 11.2. The van der Waals surface area contributed by atoms with Crippen LogP contribution < -0.4 is 14.8 Å². The van der Waals surface area contributed by atoms with Crippen molar-refractivity contribution in [2.75, 3.05) is 33.9 Å². The normalized spacial score (nSPS) is 14.3. The Labute approximate surface area is 176 Å². The SMILES string of the molecule is CN=C(NCC(C)c1ccsc1)N(C)Cc1ccc2c(c1)OCCO2.I. The average molecular weight is 487 g/mol. The number of thiophene rings is 1. The van der Waals surface area contributed by atoms with Gasteiger partial charge in [-0.1, -0.05) is 13.0 Å². The van der Waals surface area contributed by atoms with E-state index in [0.29, 0.717) is 19.1 Å². The molecule has 1 unspecified atom stereocenters. The van der Waals surface area contributed by atoms with Crippen molar-refractivity contribution < 1.29 is 9.47 Å². The third kappa shape index (κ3) is 5.26. The van der Waals surface area contributed by atoms with Crippen molar-refractivity contribution >= 4 is 41.3 Å². The number of hydrogen-bond acceptors (Lipinski definition) is 4. The van der Waals surface area contributed by atoms with E-state index in [2.05, 4.69) is 45.0 Å². The summed E-state index contributed by atoms with van der Waals surface area (Å²) in [7, 11) is 3.86. The van der Waals surface area contributed by atoms with Gasteiger partial charge in [0.2, 0.25) is 0 Å². The number of ether oxygens (including phenoxy) is 2. The molecule has 26 heavy (non-hydrogen) atoms. The highest BCUT2D eigenvalue weighted by atomic mass is 127. The van der Waals surface area contributed by atoms with Gasteiger partial charge in [0.1, 0.15) is 13.2 Å². The van der Waals surface area contributed by atoms with Crippen LogP contribution in [-0.4, -0.2) is 44.7 Å². The summed E-state index contributed by atoms with van der Waals surface area (Å²) >= 11 is 1.74. The third-order valence-electron chi connectivity index (χ3n) is 4.28. The van der Waals surface area contributed by atoms with E-state index in [1.165, 1.54) is 11.1 Å².